The summed E-state index contributed by atoms with van der Waals surface area (Å²) >= 11 is 4.56. The van der Waals surface area contributed by atoms with E-state index in [1.54, 1.807) is 0 Å². The number of rotatable bonds is 3. The van der Waals surface area contributed by atoms with Gasteiger partial charge in [0, 0.05) is 0 Å². The molecule has 3 nitrogen and oxygen atoms in total. The summed E-state index contributed by atoms with van der Waals surface area (Å²) in [5.41, 5.74) is 0. The topological polar surface area (TPSA) is 49.7 Å². The van der Waals surface area contributed by atoms with E-state index in [-0.39, 0.29) is 18.3 Å². The van der Waals surface area contributed by atoms with Crippen LogP contribution in [0, 0.1) is 0 Å². The van der Waals surface area contributed by atoms with E-state index >= 15 is 0 Å². The highest BCUT2D eigenvalue weighted by Gasteiger charge is 2.02. The van der Waals surface area contributed by atoms with Crippen molar-refractivity contribution in [1.29, 1.82) is 0 Å². The van der Waals surface area contributed by atoms with E-state index in [2.05, 4.69) is 17.0 Å². The summed E-state index contributed by atoms with van der Waals surface area (Å²) in [6.45, 7) is 1.59. The molecule has 0 amide bonds. The van der Waals surface area contributed by atoms with Crippen LogP contribution in [0.4, 0.5) is 0 Å². The summed E-state index contributed by atoms with van der Waals surface area (Å²) < 4.78 is 4.68. The molecule has 1 unspecified atom stereocenters. The highest BCUT2D eigenvalue weighted by Crippen LogP contribution is 1.88. The summed E-state index contributed by atoms with van der Waals surface area (Å²) in [6.07, 6.45) is -0.730. The predicted octanol–water partition coefficient (Wildman–Crippen LogP) is -0.296. The average Bonchev–Trinajstić information content (AvgIpc) is 1.82. The fraction of sp³-hybridized carbons (Fsp3) is 0.800. The van der Waals surface area contributed by atoms with Gasteiger partial charge in [-0.15, -0.1) is 0 Å². The number of aliphatic hydroxyl groups is 2. The zero-order valence-corrected chi connectivity index (χ0v) is 6.02. The van der Waals surface area contributed by atoms with Gasteiger partial charge in [-0.3, -0.25) is 0 Å². The van der Waals surface area contributed by atoms with Crippen LogP contribution in [0.3, 0.4) is 0 Å². The second-order valence-electron chi connectivity index (χ2n) is 1.57. The first kappa shape index (κ1) is 8.81. The Labute approximate surface area is 59.3 Å². The molecule has 0 saturated carbocycles. The van der Waals surface area contributed by atoms with Crippen LogP contribution in [0.5, 0.6) is 0 Å². The molecular weight excluding hydrogens is 140 g/mol. The van der Waals surface area contributed by atoms with Gasteiger partial charge >= 0.3 is 0 Å². The van der Waals surface area contributed by atoms with Gasteiger partial charge in [-0.25, -0.2) is 0 Å². The van der Waals surface area contributed by atoms with Crippen LogP contribution in [0.1, 0.15) is 6.92 Å². The number of hydrogen-bond donors (Lipinski definition) is 2. The van der Waals surface area contributed by atoms with E-state index in [0.717, 1.165) is 0 Å². The van der Waals surface area contributed by atoms with Crippen molar-refractivity contribution >= 4 is 17.3 Å². The lowest BCUT2D eigenvalue weighted by atomic mass is 10.4. The molecule has 0 aromatic carbocycles. The van der Waals surface area contributed by atoms with Gasteiger partial charge in [0.2, 0.25) is 0 Å². The SMILES string of the molecule is CC(O)C(=S)OCCO. The molecule has 4 heteroatoms. The first-order valence-electron chi connectivity index (χ1n) is 2.64. The third-order valence-corrected chi connectivity index (χ3v) is 1.14. The van der Waals surface area contributed by atoms with E-state index in [0.29, 0.717) is 0 Å². The van der Waals surface area contributed by atoms with Crippen molar-refractivity contribution in [3.63, 3.8) is 0 Å². The third-order valence-electron chi connectivity index (χ3n) is 0.677. The van der Waals surface area contributed by atoms with Crippen LogP contribution in [0.2, 0.25) is 0 Å². The van der Waals surface area contributed by atoms with E-state index < -0.39 is 6.10 Å². The molecule has 2 N–H and O–H groups in total. The maximum atomic E-state index is 8.70. The molecular formula is C5H10O3S. The molecule has 0 aliphatic carbocycles. The van der Waals surface area contributed by atoms with Gasteiger partial charge in [-0.1, -0.05) is 0 Å². The minimum Gasteiger partial charge on any atom is -0.482 e. The maximum absolute atomic E-state index is 8.70. The molecule has 0 aliphatic heterocycles. The second kappa shape index (κ2) is 4.67. The van der Waals surface area contributed by atoms with Gasteiger partial charge < -0.3 is 14.9 Å². The van der Waals surface area contributed by atoms with E-state index in [4.69, 9.17) is 10.2 Å². The summed E-state index contributed by atoms with van der Waals surface area (Å²) in [4.78, 5) is 0. The van der Waals surface area contributed by atoms with Crippen LogP contribution in [-0.4, -0.2) is 34.6 Å². The Hall–Kier alpha value is -0.190. The van der Waals surface area contributed by atoms with Crippen molar-refractivity contribution in [3.05, 3.63) is 0 Å². The van der Waals surface area contributed by atoms with Crippen molar-refractivity contribution in [2.45, 2.75) is 13.0 Å². The molecule has 0 aromatic rings. The molecule has 0 bridgehead atoms. The van der Waals surface area contributed by atoms with Gasteiger partial charge in [-0.2, -0.15) is 0 Å². The average molecular weight is 150 g/mol. The number of thiocarbonyl (C=S) groups is 1. The Balaban J connectivity index is 3.28. The lowest BCUT2D eigenvalue weighted by Crippen LogP contribution is -2.18. The maximum Gasteiger partial charge on any atom is 0.188 e. The molecule has 54 valence electrons. The van der Waals surface area contributed by atoms with Crippen molar-refractivity contribution in [1.82, 2.24) is 0 Å². The lowest BCUT2D eigenvalue weighted by Gasteiger charge is -2.06. The van der Waals surface area contributed by atoms with Crippen LogP contribution in [0.25, 0.3) is 0 Å². The summed E-state index contributed by atoms with van der Waals surface area (Å²) in [6, 6.07) is 0. The van der Waals surface area contributed by atoms with Crippen LogP contribution < -0.4 is 0 Å². The van der Waals surface area contributed by atoms with Crippen molar-refractivity contribution in [2.75, 3.05) is 13.2 Å². The largest absolute Gasteiger partial charge is 0.482 e. The molecule has 0 radical (unpaired) electrons. The smallest absolute Gasteiger partial charge is 0.188 e. The Morgan fingerprint density at radius 1 is 1.78 bits per heavy atom. The zero-order chi connectivity index (χ0) is 7.28. The van der Waals surface area contributed by atoms with Crippen molar-refractivity contribution in [2.24, 2.45) is 0 Å². The number of hydrogen-bond acceptors (Lipinski definition) is 4. The second-order valence-corrected chi connectivity index (χ2v) is 1.97. The fourth-order valence-electron chi connectivity index (χ4n) is 0.267. The first-order chi connectivity index (χ1) is 4.18. The summed E-state index contributed by atoms with van der Waals surface area (Å²) in [7, 11) is 0. The van der Waals surface area contributed by atoms with Gasteiger partial charge in [-0.05, 0) is 19.1 Å². The fourth-order valence-corrected chi connectivity index (χ4v) is 0.350. The predicted molar refractivity (Wildman–Crippen MR) is 37.3 cm³/mol. The van der Waals surface area contributed by atoms with Crippen molar-refractivity contribution < 1.29 is 14.9 Å². The molecule has 0 aromatic heterocycles. The minimum atomic E-state index is -0.730. The van der Waals surface area contributed by atoms with E-state index in [1.807, 2.05) is 0 Å². The molecule has 0 aliphatic rings. The summed E-state index contributed by atoms with van der Waals surface area (Å²) in [5.74, 6) is 0. The normalized spacial score (nSPS) is 12.8. The molecule has 0 rings (SSSR count). The monoisotopic (exact) mass is 150 g/mol. The minimum absolute atomic E-state index is 0.0765. The Morgan fingerprint density at radius 2 is 2.33 bits per heavy atom. The number of aliphatic hydroxyl groups excluding tert-OH is 2. The van der Waals surface area contributed by atoms with Gasteiger partial charge in [0.05, 0.1) is 6.61 Å². The van der Waals surface area contributed by atoms with Gasteiger partial charge in [0.15, 0.2) is 5.05 Å². The summed E-state index contributed by atoms with van der Waals surface area (Å²) in [5, 5.41) is 17.1. The van der Waals surface area contributed by atoms with Crippen LogP contribution >= 0.6 is 12.2 Å². The zero-order valence-electron chi connectivity index (χ0n) is 5.20. The van der Waals surface area contributed by atoms with Gasteiger partial charge in [0.25, 0.3) is 0 Å². The molecule has 0 heterocycles. The standard InChI is InChI=1S/C5H10O3S/c1-4(7)5(9)8-3-2-6/h4,6-7H,2-3H2,1H3. The Kier molecular flexibility index (Phi) is 4.57. The lowest BCUT2D eigenvalue weighted by molar-refractivity contribution is 0.165. The van der Waals surface area contributed by atoms with E-state index in [1.165, 1.54) is 6.92 Å². The number of ether oxygens (including phenoxy) is 1. The quantitative estimate of drug-likeness (QED) is 0.542. The molecule has 9 heavy (non-hydrogen) atoms. The van der Waals surface area contributed by atoms with E-state index in [9.17, 15) is 0 Å². The molecule has 0 spiro atoms. The van der Waals surface area contributed by atoms with Crippen LogP contribution in [0.15, 0.2) is 0 Å². The highest BCUT2D eigenvalue weighted by molar-refractivity contribution is 7.80. The molecule has 0 saturated heterocycles. The first-order valence-corrected chi connectivity index (χ1v) is 3.05. The van der Waals surface area contributed by atoms with Crippen LogP contribution in [-0.2, 0) is 4.74 Å². The Morgan fingerprint density at radius 3 is 2.67 bits per heavy atom. The highest BCUT2D eigenvalue weighted by atomic mass is 32.1. The molecule has 1 atom stereocenters. The van der Waals surface area contributed by atoms with Gasteiger partial charge in [0.1, 0.15) is 12.7 Å². The third kappa shape index (κ3) is 4.32. The molecule has 0 fully saturated rings. The van der Waals surface area contributed by atoms with Crippen molar-refractivity contribution in [3.8, 4) is 0 Å². The Bertz CT molecular complexity index is 92.2.